The van der Waals surface area contributed by atoms with Gasteiger partial charge in [-0.1, -0.05) is 146 Å². The second-order valence-electron chi connectivity index (χ2n) is 14.1. The number of fused-ring (bicyclic) bond motifs is 9. The first-order valence-corrected chi connectivity index (χ1v) is 17.7. The van der Waals surface area contributed by atoms with Crippen molar-refractivity contribution in [2.24, 2.45) is 0 Å². The van der Waals surface area contributed by atoms with E-state index in [1.165, 1.54) is 60.1 Å². The Bertz CT molecular complexity index is 2910. The predicted octanol–water partition coefficient (Wildman–Crippen LogP) is 13.2. The molecule has 9 aromatic rings. The van der Waals surface area contributed by atoms with Crippen molar-refractivity contribution in [2.45, 2.75) is 18.4 Å². The maximum absolute atomic E-state index is 7.02. The van der Waals surface area contributed by atoms with Gasteiger partial charge in [-0.3, -0.25) is 0 Å². The molecule has 1 unspecified atom stereocenters. The van der Waals surface area contributed by atoms with Gasteiger partial charge in [-0.15, -0.1) is 0 Å². The van der Waals surface area contributed by atoms with Gasteiger partial charge in [0.25, 0.3) is 0 Å². The normalized spacial score (nSPS) is 17.8. The fraction of sp³-hybridized carbons (Fsp3) is 0.0612. The van der Waals surface area contributed by atoms with Crippen molar-refractivity contribution in [3.8, 4) is 39.1 Å². The van der Waals surface area contributed by atoms with Crippen LogP contribution in [0.5, 0.6) is 5.75 Å². The van der Waals surface area contributed by atoms with Crippen LogP contribution < -0.4 is 4.74 Å². The molecule has 0 fully saturated rings. The van der Waals surface area contributed by atoms with Crippen LogP contribution in [0.4, 0.5) is 0 Å². The Labute approximate surface area is 295 Å². The minimum Gasteiger partial charge on any atom is -0.484 e. The van der Waals surface area contributed by atoms with Crippen molar-refractivity contribution in [3.63, 3.8) is 0 Å². The Kier molecular flexibility index (Phi) is 5.89. The lowest BCUT2D eigenvalue weighted by Gasteiger charge is -2.26. The Morgan fingerprint density at radius 2 is 1.14 bits per heavy atom. The van der Waals surface area contributed by atoms with Gasteiger partial charge in [-0.25, -0.2) is 0 Å². The number of rotatable bonds is 3. The molecule has 2 heterocycles. The van der Waals surface area contributed by atoms with E-state index in [4.69, 9.17) is 9.15 Å². The molecular formula is C49H32O2. The van der Waals surface area contributed by atoms with E-state index in [1.54, 1.807) is 0 Å². The SMILES string of the molecule is CC12C=CC=C[C@@H]1Oc1c2cc2c(oc3ccccc32)c1-c1c2ccccc2c(-c2cccc(-c3cccc4ccccc34)c2)c2ccccc12. The lowest BCUT2D eigenvalue weighted by atomic mass is 9.75. The molecule has 1 aromatic heterocycles. The van der Waals surface area contributed by atoms with Crippen molar-refractivity contribution >= 4 is 54.3 Å². The topological polar surface area (TPSA) is 22.4 Å². The molecule has 240 valence electrons. The molecule has 0 N–H and O–H groups in total. The second kappa shape index (κ2) is 10.6. The van der Waals surface area contributed by atoms with Gasteiger partial charge in [-0.2, -0.15) is 0 Å². The molecule has 0 amide bonds. The summed E-state index contributed by atoms with van der Waals surface area (Å²) in [5.74, 6) is 0.909. The van der Waals surface area contributed by atoms with E-state index in [0.717, 1.165) is 38.8 Å². The average Bonchev–Trinajstić information content (AvgIpc) is 3.70. The van der Waals surface area contributed by atoms with Gasteiger partial charge < -0.3 is 9.15 Å². The molecule has 2 atom stereocenters. The molecule has 0 spiro atoms. The molecule has 11 rings (SSSR count). The molecule has 0 saturated heterocycles. The zero-order valence-electron chi connectivity index (χ0n) is 28.1. The third-order valence-corrected chi connectivity index (χ3v) is 11.3. The standard InChI is InChI=1S/C49H32O2/c1-49-27-11-10-26-43(49)51-48-41(49)29-40-35-19-8-9-25-42(35)50-47(40)46(48)45-38-22-6-4-20-36(38)44(37-21-5-7-23-39(37)45)32-17-12-16-31(28-32)34-24-13-15-30-14-2-3-18-33(30)34/h2-29,43H,1H3/t43-,49?/m0/s1. The minimum absolute atomic E-state index is 0.0948. The quantitative estimate of drug-likeness (QED) is 0.177. The number of ether oxygens (including phenoxy) is 1. The number of furan rings is 1. The van der Waals surface area contributed by atoms with Crippen LogP contribution in [-0.2, 0) is 5.41 Å². The van der Waals surface area contributed by atoms with Crippen LogP contribution in [0.1, 0.15) is 12.5 Å². The van der Waals surface area contributed by atoms with Crippen molar-refractivity contribution in [1.82, 2.24) is 0 Å². The summed E-state index contributed by atoms with van der Waals surface area (Å²) in [5.41, 5.74) is 9.69. The number of hydrogen-bond donors (Lipinski definition) is 0. The van der Waals surface area contributed by atoms with Gasteiger partial charge >= 0.3 is 0 Å². The minimum atomic E-state index is -0.293. The van der Waals surface area contributed by atoms with Crippen LogP contribution in [-0.4, -0.2) is 6.10 Å². The van der Waals surface area contributed by atoms with Crippen molar-refractivity contribution in [1.29, 1.82) is 0 Å². The summed E-state index contributed by atoms with van der Waals surface area (Å²) >= 11 is 0. The molecule has 2 heteroatoms. The lowest BCUT2D eigenvalue weighted by Crippen LogP contribution is -2.32. The molecule has 1 aliphatic carbocycles. The van der Waals surface area contributed by atoms with Crippen LogP contribution >= 0.6 is 0 Å². The third kappa shape index (κ3) is 3.99. The van der Waals surface area contributed by atoms with Gasteiger partial charge in [0.1, 0.15) is 23.0 Å². The molecule has 8 aromatic carbocycles. The predicted molar refractivity (Wildman–Crippen MR) is 213 cm³/mol. The van der Waals surface area contributed by atoms with Gasteiger partial charge in [0.05, 0.1) is 11.0 Å². The molecule has 51 heavy (non-hydrogen) atoms. The highest BCUT2D eigenvalue weighted by Gasteiger charge is 2.45. The Morgan fingerprint density at radius 3 is 1.92 bits per heavy atom. The van der Waals surface area contributed by atoms with Crippen molar-refractivity contribution in [3.05, 3.63) is 175 Å². The van der Waals surface area contributed by atoms with Gasteiger partial charge in [0.2, 0.25) is 0 Å². The number of para-hydroxylation sites is 1. The van der Waals surface area contributed by atoms with Crippen LogP contribution in [0.3, 0.4) is 0 Å². The first-order valence-electron chi connectivity index (χ1n) is 17.7. The summed E-state index contributed by atoms with van der Waals surface area (Å²) in [4.78, 5) is 0. The summed E-state index contributed by atoms with van der Waals surface area (Å²) < 4.78 is 13.9. The monoisotopic (exact) mass is 652 g/mol. The van der Waals surface area contributed by atoms with E-state index in [-0.39, 0.29) is 11.5 Å². The lowest BCUT2D eigenvalue weighted by molar-refractivity contribution is 0.229. The summed E-state index contributed by atoms with van der Waals surface area (Å²) in [7, 11) is 0. The number of hydrogen-bond acceptors (Lipinski definition) is 2. The molecule has 0 radical (unpaired) electrons. The summed E-state index contributed by atoms with van der Waals surface area (Å²) in [6, 6.07) is 52.7. The fourth-order valence-electron chi connectivity index (χ4n) is 8.87. The molecule has 2 aliphatic rings. The third-order valence-electron chi connectivity index (χ3n) is 11.3. The van der Waals surface area contributed by atoms with Gasteiger partial charge in [-0.05, 0) is 85.8 Å². The molecule has 0 saturated carbocycles. The zero-order valence-corrected chi connectivity index (χ0v) is 28.1. The largest absolute Gasteiger partial charge is 0.484 e. The summed E-state index contributed by atoms with van der Waals surface area (Å²) in [6.45, 7) is 2.30. The molecule has 1 aliphatic heterocycles. The van der Waals surface area contributed by atoms with Crippen molar-refractivity contribution < 1.29 is 9.15 Å². The first-order chi connectivity index (χ1) is 25.2. The highest BCUT2D eigenvalue weighted by Crippen LogP contribution is 2.57. The van der Waals surface area contributed by atoms with Crippen LogP contribution in [0.25, 0.3) is 87.6 Å². The molecular weight excluding hydrogens is 621 g/mol. The van der Waals surface area contributed by atoms with Crippen LogP contribution in [0.15, 0.2) is 174 Å². The Hall–Kier alpha value is -6.38. The van der Waals surface area contributed by atoms with E-state index in [9.17, 15) is 0 Å². The zero-order chi connectivity index (χ0) is 33.7. The highest BCUT2D eigenvalue weighted by atomic mass is 16.5. The van der Waals surface area contributed by atoms with E-state index >= 15 is 0 Å². The molecule has 2 nitrogen and oxygen atoms in total. The van der Waals surface area contributed by atoms with Crippen LogP contribution in [0, 0.1) is 0 Å². The smallest absolute Gasteiger partial charge is 0.147 e. The van der Waals surface area contributed by atoms with Gasteiger partial charge in [0, 0.05) is 21.9 Å². The summed E-state index contributed by atoms with van der Waals surface area (Å²) in [5, 5.41) is 9.48. The van der Waals surface area contributed by atoms with E-state index in [2.05, 4.69) is 171 Å². The molecule has 0 bridgehead atoms. The summed E-state index contributed by atoms with van der Waals surface area (Å²) in [6.07, 6.45) is 8.64. The van der Waals surface area contributed by atoms with E-state index in [1.807, 2.05) is 6.07 Å². The maximum Gasteiger partial charge on any atom is 0.147 e. The van der Waals surface area contributed by atoms with Crippen LogP contribution in [0.2, 0.25) is 0 Å². The average molecular weight is 653 g/mol. The highest BCUT2D eigenvalue weighted by molar-refractivity contribution is 6.25. The number of benzene rings is 8. The Balaban J connectivity index is 1.25. The van der Waals surface area contributed by atoms with E-state index in [0.29, 0.717) is 0 Å². The van der Waals surface area contributed by atoms with Crippen molar-refractivity contribution in [2.75, 3.05) is 0 Å². The number of allylic oxidation sites excluding steroid dienone is 2. The Morgan fingerprint density at radius 1 is 0.510 bits per heavy atom. The maximum atomic E-state index is 7.02. The fourth-order valence-corrected chi connectivity index (χ4v) is 8.87. The first kappa shape index (κ1) is 28.5. The van der Waals surface area contributed by atoms with E-state index < -0.39 is 0 Å². The van der Waals surface area contributed by atoms with Gasteiger partial charge in [0.15, 0.2) is 0 Å². The second-order valence-corrected chi connectivity index (χ2v) is 14.1.